The molecule has 0 aromatic heterocycles. The number of benzene rings is 1. The van der Waals surface area contributed by atoms with Crippen LogP contribution in [0.2, 0.25) is 0 Å². The van der Waals surface area contributed by atoms with Crippen LogP contribution in [0.3, 0.4) is 0 Å². The minimum Gasteiger partial charge on any atom is -0.495 e. The first-order valence-corrected chi connectivity index (χ1v) is 5.94. The number of rotatable bonds is 7. The van der Waals surface area contributed by atoms with E-state index in [1.165, 1.54) is 26.4 Å². The fourth-order valence-corrected chi connectivity index (χ4v) is 1.42. The molecule has 7 nitrogen and oxygen atoms in total. The molecule has 0 atom stereocenters. The van der Waals surface area contributed by atoms with Gasteiger partial charge in [-0.15, -0.1) is 0 Å². The highest BCUT2D eigenvalue weighted by atomic mass is 16.5. The number of esters is 1. The lowest BCUT2D eigenvalue weighted by Gasteiger charge is -2.08. The maximum Gasteiger partial charge on any atom is 0.338 e. The number of ether oxygens (including phenoxy) is 3. The first-order chi connectivity index (χ1) is 9.58. The average Bonchev–Trinajstić information content (AvgIpc) is 2.45. The molecule has 0 bridgehead atoms. The molecule has 0 aliphatic rings. The maximum absolute atomic E-state index is 11.7. The van der Waals surface area contributed by atoms with E-state index in [0.717, 1.165) is 0 Å². The summed E-state index contributed by atoms with van der Waals surface area (Å²) in [5.41, 5.74) is 6.26. The highest BCUT2D eigenvalue weighted by molar-refractivity contribution is 5.92. The molecule has 1 rings (SSSR count). The van der Waals surface area contributed by atoms with Crippen molar-refractivity contribution < 1.29 is 23.8 Å². The fourth-order valence-electron chi connectivity index (χ4n) is 1.42. The van der Waals surface area contributed by atoms with Crippen molar-refractivity contribution in [2.45, 2.75) is 0 Å². The Hall–Kier alpha value is -2.28. The summed E-state index contributed by atoms with van der Waals surface area (Å²) >= 11 is 0. The van der Waals surface area contributed by atoms with Gasteiger partial charge in [0, 0.05) is 13.7 Å². The molecule has 0 aliphatic heterocycles. The molecule has 0 unspecified atom stereocenters. The maximum atomic E-state index is 11.7. The fraction of sp³-hybridized carbons (Fsp3) is 0.385. The van der Waals surface area contributed by atoms with Crippen molar-refractivity contribution in [3.8, 4) is 5.75 Å². The number of methoxy groups -OCH3 is 2. The first-order valence-electron chi connectivity index (χ1n) is 5.94. The molecule has 0 aliphatic carbocycles. The molecule has 110 valence electrons. The third kappa shape index (κ3) is 4.77. The van der Waals surface area contributed by atoms with Gasteiger partial charge >= 0.3 is 5.97 Å². The van der Waals surface area contributed by atoms with Crippen LogP contribution in [-0.2, 0) is 14.3 Å². The van der Waals surface area contributed by atoms with Gasteiger partial charge in [-0.2, -0.15) is 0 Å². The van der Waals surface area contributed by atoms with Gasteiger partial charge in [-0.05, 0) is 18.2 Å². The lowest BCUT2D eigenvalue weighted by Crippen LogP contribution is -2.31. The van der Waals surface area contributed by atoms with Gasteiger partial charge in [0.25, 0.3) is 5.91 Å². The Balaban J connectivity index is 2.46. The minimum atomic E-state index is -0.624. The van der Waals surface area contributed by atoms with Crippen molar-refractivity contribution in [2.75, 3.05) is 39.7 Å². The Labute approximate surface area is 117 Å². The number of nitrogen functional groups attached to an aromatic ring is 1. The summed E-state index contributed by atoms with van der Waals surface area (Å²) in [6, 6.07) is 4.51. The van der Waals surface area contributed by atoms with Crippen LogP contribution in [0.4, 0.5) is 5.69 Å². The SMILES string of the molecule is COCCNC(=O)COC(=O)c1ccc(OC)c(N)c1. The first kappa shape index (κ1) is 15.8. The lowest BCUT2D eigenvalue weighted by atomic mass is 10.2. The third-order valence-corrected chi connectivity index (χ3v) is 2.43. The summed E-state index contributed by atoms with van der Waals surface area (Å²) in [6.07, 6.45) is 0. The smallest absolute Gasteiger partial charge is 0.338 e. The molecule has 0 saturated heterocycles. The summed E-state index contributed by atoms with van der Waals surface area (Å²) in [7, 11) is 3.01. The third-order valence-electron chi connectivity index (χ3n) is 2.43. The monoisotopic (exact) mass is 282 g/mol. The zero-order valence-electron chi connectivity index (χ0n) is 11.5. The summed E-state index contributed by atoms with van der Waals surface area (Å²) in [5.74, 6) is -0.544. The van der Waals surface area contributed by atoms with Gasteiger partial charge in [0.05, 0.1) is 25.0 Å². The van der Waals surface area contributed by atoms with E-state index in [9.17, 15) is 9.59 Å². The van der Waals surface area contributed by atoms with E-state index in [4.69, 9.17) is 19.9 Å². The Kier molecular flexibility index (Phi) is 6.31. The Morgan fingerprint density at radius 1 is 1.30 bits per heavy atom. The summed E-state index contributed by atoms with van der Waals surface area (Å²) in [4.78, 5) is 23.0. The van der Waals surface area contributed by atoms with Gasteiger partial charge < -0.3 is 25.3 Å². The van der Waals surface area contributed by atoms with Gasteiger partial charge in [-0.3, -0.25) is 4.79 Å². The largest absolute Gasteiger partial charge is 0.495 e. The van der Waals surface area contributed by atoms with E-state index >= 15 is 0 Å². The highest BCUT2D eigenvalue weighted by Gasteiger charge is 2.11. The molecule has 0 fully saturated rings. The lowest BCUT2D eigenvalue weighted by molar-refractivity contribution is -0.124. The second-order valence-electron chi connectivity index (χ2n) is 3.88. The molecule has 0 spiro atoms. The second-order valence-corrected chi connectivity index (χ2v) is 3.88. The molecule has 1 aromatic carbocycles. The van der Waals surface area contributed by atoms with E-state index in [2.05, 4.69) is 5.32 Å². The standard InChI is InChI=1S/C13H18N2O5/c1-18-6-5-15-12(16)8-20-13(17)9-3-4-11(19-2)10(14)7-9/h3-4,7H,5-6,8,14H2,1-2H3,(H,15,16). The zero-order chi connectivity index (χ0) is 15.0. The number of anilines is 1. The van der Waals surface area contributed by atoms with Crippen LogP contribution in [-0.4, -0.2) is 45.9 Å². The highest BCUT2D eigenvalue weighted by Crippen LogP contribution is 2.22. The topological polar surface area (TPSA) is 99.9 Å². The van der Waals surface area contributed by atoms with Crippen LogP contribution < -0.4 is 15.8 Å². The second kappa shape index (κ2) is 8.00. The van der Waals surface area contributed by atoms with Crippen molar-refractivity contribution in [1.29, 1.82) is 0 Å². The summed E-state index contributed by atoms with van der Waals surface area (Å²) in [6.45, 7) is 0.408. The van der Waals surface area contributed by atoms with Crippen LogP contribution in [0.5, 0.6) is 5.75 Å². The van der Waals surface area contributed by atoms with E-state index in [0.29, 0.717) is 24.6 Å². The predicted octanol–water partition coefficient (Wildman–Crippen LogP) is 0.197. The molecule has 7 heteroatoms. The molecule has 0 heterocycles. The Morgan fingerprint density at radius 2 is 2.05 bits per heavy atom. The van der Waals surface area contributed by atoms with Crippen LogP contribution in [0.1, 0.15) is 10.4 Å². The number of hydrogen-bond acceptors (Lipinski definition) is 6. The van der Waals surface area contributed by atoms with Crippen LogP contribution >= 0.6 is 0 Å². The normalized spacial score (nSPS) is 9.90. The molecule has 1 aromatic rings. The molecule has 20 heavy (non-hydrogen) atoms. The Morgan fingerprint density at radius 3 is 2.65 bits per heavy atom. The summed E-state index contributed by atoms with van der Waals surface area (Å²) < 4.78 is 14.6. The van der Waals surface area contributed by atoms with Crippen LogP contribution in [0.15, 0.2) is 18.2 Å². The number of carbonyl (C=O) groups is 2. The predicted molar refractivity (Wildman–Crippen MR) is 72.6 cm³/mol. The van der Waals surface area contributed by atoms with Crippen molar-refractivity contribution in [2.24, 2.45) is 0 Å². The van der Waals surface area contributed by atoms with Gasteiger partial charge in [0.15, 0.2) is 6.61 Å². The van der Waals surface area contributed by atoms with Gasteiger partial charge in [-0.1, -0.05) is 0 Å². The van der Waals surface area contributed by atoms with E-state index in [1.54, 1.807) is 6.07 Å². The summed E-state index contributed by atoms with van der Waals surface area (Å²) in [5, 5.41) is 2.53. The van der Waals surface area contributed by atoms with E-state index in [1.807, 2.05) is 0 Å². The number of hydrogen-bond donors (Lipinski definition) is 2. The van der Waals surface area contributed by atoms with Crippen LogP contribution in [0.25, 0.3) is 0 Å². The van der Waals surface area contributed by atoms with E-state index < -0.39 is 11.9 Å². The van der Waals surface area contributed by atoms with Crippen molar-refractivity contribution in [3.05, 3.63) is 23.8 Å². The molecule has 1 amide bonds. The molecular weight excluding hydrogens is 264 g/mol. The van der Waals surface area contributed by atoms with Crippen molar-refractivity contribution >= 4 is 17.6 Å². The number of nitrogens with one attached hydrogen (secondary N) is 1. The molecule has 3 N–H and O–H groups in total. The zero-order valence-corrected chi connectivity index (χ0v) is 11.5. The number of nitrogens with two attached hydrogens (primary N) is 1. The number of amides is 1. The quantitative estimate of drug-likeness (QED) is 0.421. The average molecular weight is 282 g/mol. The van der Waals surface area contributed by atoms with Crippen molar-refractivity contribution in [3.63, 3.8) is 0 Å². The van der Waals surface area contributed by atoms with Gasteiger partial charge in [0.1, 0.15) is 5.75 Å². The van der Waals surface area contributed by atoms with Gasteiger partial charge in [-0.25, -0.2) is 4.79 Å². The van der Waals surface area contributed by atoms with E-state index in [-0.39, 0.29) is 12.2 Å². The molecule has 0 saturated carbocycles. The molecule has 0 radical (unpaired) electrons. The van der Waals surface area contributed by atoms with Crippen molar-refractivity contribution in [1.82, 2.24) is 5.32 Å². The molecular formula is C13H18N2O5. The Bertz CT molecular complexity index is 476. The van der Waals surface area contributed by atoms with Gasteiger partial charge in [0.2, 0.25) is 0 Å². The van der Waals surface area contributed by atoms with Crippen LogP contribution in [0, 0.1) is 0 Å². The minimum absolute atomic E-state index is 0.257. The number of carbonyl (C=O) groups excluding carboxylic acids is 2.